The fraction of sp³-hybridized carbons (Fsp3) is 0.455. The van der Waals surface area contributed by atoms with Gasteiger partial charge >= 0.3 is 23.9 Å². The molecule has 4 aromatic rings. The first-order valence-electron chi connectivity index (χ1n) is 23.3. The number of rotatable bonds is 27. The number of nitriles is 2. The zero-order valence-electron chi connectivity index (χ0n) is 43.0. The van der Waals surface area contributed by atoms with E-state index in [2.05, 4.69) is 21.9 Å². The molecule has 0 bridgehead atoms. The summed E-state index contributed by atoms with van der Waals surface area (Å²) in [7, 11) is 15.2. The normalized spacial score (nSPS) is 13.1. The fourth-order valence-electron chi connectivity index (χ4n) is 8.99. The first-order valence-corrected chi connectivity index (χ1v) is 23.3. The Hall–Kier alpha value is -7.14. The minimum absolute atomic E-state index is 0.0982. The number of carbonyl (C=O) groups excluding carboxylic acids is 4. The quantitative estimate of drug-likeness (QED) is 0.0419. The van der Waals surface area contributed by atoms with Crippen LogP contribution in [0.3, 0.4) is 0 Å². The highest BCUT2D eigenvalue weighted by Crippen LogP contribution is 2.43. The molecule has 3 atom stereocenters. The maximum Gasteiger partial charge on any atom is 0.337 e. The van der Waals surface area contributed by atoms with E-state index in [0.717, 1.165) is 17.5 Å². The van der Waals surface area contributed by atoms with Gasteiger partial charge in [0.15, 0.2) is 28.4 Å². The Balaban J connectivity index is 1.64. The number of hydrogen-bond acceptors (Lipinski definition) is 16. The van der Waals surface area contributed by atoms with Crippen LogP contribution in [0.1, 0.15) is 91.5 Å². The average Bonchev–Trinajstić information content (AvgIpc) is 3.40. The maximum atomic E-state index is 13.9. The minimum atomic E-state index is -1.78. The van der Waals surface area contributed by atoms with Crippen molar-refractivity contribution in [2.45, 2.75) is 62.7 Å². The van der Waals surface area contributed by atoms with Gasteiger partial charge in [0.05, 0.1) is 91.1 Å². The van der Waals surface area contributed by atoms with Gasteiger partial charge in [0.2, 0.25) is 0 Å². The third-order valence-electron chi connectivity index (χ3n) is 13.2. The van der Waals surface area contributed by atoms with Crippen molar-refractivity contribution in [2.24, 2.45) is 5.92 Å². The van der Waals surface area contributed by atoms with Crippen LogP contribution in [0, 0.1) is 28.6 Å². The molecule has 0 radical (unpaired) electrons. The Morgan fingerprint density at radius 3 is 1.52 bits per heavy atom. The third-order valence-corrected chi connectivity index (χ3v) is 13.2. The van der Waals surface area contributed by atoms with Gasteiger partial charge in [-0.3, -0.25) is 0 Å². The zero-order chi connectivity index (χ0) is 52.3. The summed E-state index contributed by atoms with van der Waals surface area (Å²) >= 11 is 0. The van der Waals surface area contributed by atoms with E-state index in [-0.39, 0.29) is 35.1 Å². The van der Waals surface area contributed by atoms with E-state index in [1.165, 1.54) is 54.8 Å². The van der Waals surface area contributed by atoms with Crippen LogP contribution in [0.15, 0.2) is 72.8 Å². The predicted octanol–water partition coefficient (Wildman–Crippen LogP) is 7.56. The zero-order valence-corrected chi connectivity index (χ0v) is 43.0. The lowest BCUT2D eigenvalue weighted by Crippen LogP contribution is -2.37. The van der Waals surface area contributed by atoms with Crippen molar-refractivity contribution in [1.82, 2.24) is 9.80 Å². The van der Waals surface area contributed by atoms with Crippen LogP contribution in [-0.4, -0.2) is 131 Å². The van der Waals surface area contributed by atoms with E-state index in [4.69, 9.17) is 37.9 Å². The number of benzene rings is 4. The van der Waals surface area contributed by atoms with E-state index in [1.54, 1.807) is 44.6 Å². The van der Waals surface area contributed by atoms with Gasteiger partial charge in [-0.2, -0.15) is 10.5 Å². The second kappa shape index (κ2) is 26.7. The topological polar surface area (TPSA) is 196 Å². The summed E-state index contributed by atoms with van der Waals surface area (Å²) in [5, 5.41) is 22.3. The molecule has 0 aliphatic carbocycles. The molecular weight excluding hydrogens is 909 g/mol. The number of esters is 4. The number of hydrogen-bond donors (Lipinski definition) is 0. The van der Waals surface area contributed by atoms with E-state index in [9.17, 15) is 29.7 Å². The highest BCUT2D eigenvalue weighted by molar-refractivity contribution is 5.95. The third kappa shape index (κ3) is 14.0. The Bertz CT molecular complexity index is 2530. The van der Waals surface area contributed by atoms with Gasteiger partial charge in [0.1, 0.15) is 0 Å². The largest absolute Gasteiger partial charge is 0.493 e. The van der Waals surface area contributed by atoms with Gasteiger partial charge in [0, 0.05) is 13.1 Å². The van der Waals surface area contributed by atoms with Crippen molar-refractivity contribution in [3.8, 4) is 35.1 Å². The summed E-state index contributed by atoms with van der Waals surface area (Å²) in [6.07, 6.45) is 3.01. The Morgan fingerprint density at radius 2 is 1.01 bits per heavy atom. The molecule has 0 aromatic heterocycles. The summed E-state index contributed by atoms with van der Waals surface area (Å²) in [6, 6.07) is 26.0. The van der Waals surface area contributed by atoms with Crippen LogP contribution >= 0.6 is 0 Å². The van der Waals surface area contributed by atoms with Crippen LogP contribution in [0.5, 0.6) is 23.0 Å². The van der Waals surface area contributed by atoms with Crippen LogP contribution in [0.2, 0.25) is 0 Å². The molecule has 4 aromatic carbocycles. The SMILES string of the molecule is COC(=O)c1cc(CCN(C)CCCC(C#N)(c2ccc(OC)c(OC)c2)C(C)Cc2cc(C(=O)OC)cc(C(C#N)(CCCN(C)CCc3ccc(OC)c(OC)c3)C(=O)OC)c2)cc(C(=O)OC)c1. The number of nitrogens with zero attached hydrogens (tertiary/aromatic N) is 4. The summed E-state index contributed by atoms with van der Waals surface area (Å²) in [5.74, 6) is -0.720. The number of likely N-dealkylation sites (N-methyl/N-ethyl adjacent to an activating group) is 2. The van der Waals surface area contributed by atoms with Gasteiger partial charge in [0.25, 0.3) is 0 Å². The molecule has 71 heavy (non-hydrogen) atoms. The van der Waals surface area contributed by atoms with Gasteiger partial charge in [-0.05, 0) is 160 Å². The molecule has 0 heterocycles. The summed E-state index contributed by atoms with van der Waals surface area (Å²) in [4.78, 5) is 56.3. The second-order valence-corrected chi connectivity index (χ2v) is 17.6. The molecule has 380 valence electrons. The van der Waals surface area contributed by atoms with Crippen molar-refractivity contribution in [3.63, 3.8) is 0 Å². The molecule has 0 aliphatic rings. The van der Waals surface area contributed by atoms with Gasteiger partial charge in [-0.1, -0.05) is 25.1 Å². The standard InChI is InChI=1S/C55H68N4O12/c1-37(54(35-56,44-15-17-47(65-5)49(34-44)67-7)20-12-22-59(3)25-19-39-27-41(50(60)68-8)32-42(28-39)51(61)69-9)26-40-29-43(52(62)70-10)33-45(30-40)55(36-57,53(63)71-11)21-13-23-58(2)24-18-38-14-16-46(64-4)48(31-38)66-6/h14-17,27-34,37H,12-13,18-26H2,1-11H3. The van der Waals surface area contributed by atoms with E-state index < -0.39 is 40.6 Å². The van der Waals surface area contributed by atoms with Crippen molar-refractivity contribution < 1.29 is 57.1 Å². The molecule has 4 rings (SSSR count). The van der Waals surface area contributed by atoms with E-state index >= 15 is 0 Å². The molecule has 0 amide bonds. The molecule has 16 heteroatoms. The Morgan fingerprint density at radius 1 is 0.521 bits per heavy atom. The Labute approximate surface area is 418 Å². The molecule has 0 saturated carbocycles. The van der Waals surface area contributed by atoms with Gasteiger partial charge in [-0.15, -0.1) is 0 Å². The molecule has 3 unspecified atom stereocenters. The first-order chi connectivity index (χ1) is 34.0. The number of ether oxygens (including phenoxy) is 8. The summed E-state index contributed by atoms with van der Waals surface area (Å²) < 4.78 is 42.4. The van der Waals surface area contributed by atoms with E-state index in [1.807, 2.05) is 51.4 Å². The summed E-state index contributed by atoms with van der Waals surface area (Å²) in [5.41, 5.74) is 1.14. The Kier molecular flexibility index (Phi) is 21.3. The van der Waals surface area contributed by atoms with Gasteiger partial charge < -0.3 is 47.7 Å². The fourth-order valence-corrected chi connectivity index (χ4v) is 8.99. The molecule has 0 fully saturated rings. The highest BCUT2D eigenvalue weighted by Gasteiger charge is 2.43. The molecule has 16 nitrogen and oxygen atoms in total. The van der Waals surface area contributed by atoms with E-state index in [0.29, 0.717) is 86.0 Å². The van der Waals surface area contributed by atoms with Crippen LogP contribution in [-0.2, 0) is 53.8 Å². The lowest BCUT2D eigenvalue weighted by molar-refractivity contribution is -0.145. The van der Waals surface area contributed by atoms with Gasteiger partial charge in [-0.25, -0.2) is 19.2 Å². The van der Waals surface area contributed by atoms with Crippen molar-refractivity contribution in [2.75, 3.05) is 97.2 Å². The first kappa shape index (κ1) is 56.4. The van der Waals surface area contributed by atoms with Crippen LogP contribution in [0.25, 0.3) is 0 Å². The molecule has 0 aliphatic heterocycles. The average molecular weight is 977 g/mol. The predicted molar refractivity (Wildman–Crippen MR) is 266 cm³/mol. The molecule has 0 saturated heterocycles. The summed E-state index contributed by atoms with van der Waals surface area (Å²) in [6.45, 7) is 4.36. The monoisotopic (exact) mass is 976 g/mol. The van der Waals surface area contributed by atoms with Crippen molar-refractivity contribution >= 4 is 23.9 Å². The second-order valence-electron chi connectivity index (χ2n) is 17.6. The van der Waals surface area contributed by atoms with Crippen molar-refractivity contribution in [3.05, 3.63) is 117 Å². The minimum Gasteiger partial charge on any atom is -0.493 e. The highest BCUT2D eigenvalue weighted by atomic mass is 16.5. The molecular formula is C55H68N4O12. The molecule has 0 spiro atoms. The molecule has 0 N–H and O–H groups in total. The maximum absolute atomic E-state index is 13.9. The number of carbonyl (C=O) groups is 4. The van der Waals surface area contributed by atoms with Crippen molar-refractivity contribution in [1.29, 1.82) is 10.5 Å². The lowest BCUT2D eigenvalue weighted by atomic mass is 9.66. The van der Waals surface area contributed by atoms with Crippen LogP contribution < -0.4 is 18.9 Å². The lowest BCUT2D eigenvalue weighted by Gasteiger charge is -2.35. The smallest absolute Gasteiger partial charge is 0.337 e. The number of methoxy groups -OCH3 is 8. The van der Waals surface area contributed by atoms with Crippen LogP contribution in [0.4, 0.5) is 0 Å².